The molecule has 0 atom stereocenters. The number of aliphatic hydroxyl groups excluding tert-OH is 4. The number of benzene rings is 6. The fourth-order valence-electron chi connectivity index (χ4n) is 4.92. The number of nitrogens with one attached hydrogen (secondary N) is 1. The summed E-state index contributed by atoms with van der Waals surface area (Å²) in [4.78, 5) is 3.48. The number of phenols is 1. The van der Waals surface area contributed by atoms with Crippen molar-refractivity contribution in [1.29, 1.82) is 0 Å². The van der Waals surface area contributed by atoms with Crippen molar-refractivity contribution in [2.24, 2.45) is 0 Å². The number of rotatable bonds is 3. The van der Waals surface area contributed by atoms with Crippen LogP contribution < -0.4 is 0 Å². The van der Waals surface area contributed by atoms with Gasteiger partial charge in [0.15, 0.2) is 0 Å². The predicted molar refractivity (Wildman–Crippen MR) is 247 cm³/mol. The third-order valence-corrected chi connectivity index (χ3v) is 7.13. The molecule has 7 rings (SSSR count). The van der Waals surface area contributed by atoms with Gasteiger partial charge in [0.1, 0.15) is 23.0 Å². The van der Waals surface area contributed by atoms with Gasteiger partial charge in [-0.25, -0.2) is 0 Å². The Morgan fingerprint density at radius 2 is 0.891 bits per heavy atom. The lowest BCUT2D eigenvalue weighted by molar-refractivity contribution is 0.399. The molecule has 298 valence electrons. The lowest BCUT2D eigenvalue weighted by atomic mass is 10.0. The van der Waals surface area contributed by atoms with Crippen molar-refractivity contribution in [3.8, 4) is 5.75 Å². The van der Waals surface area contributed by atoms with Crippen molar-refractivity contribution in [3.05, 3.63) is 158 Å². The summed E-state index contributed by atoms with van der Waals surface area (Å²) in [7, 11) is 1.00. The maximum absolute atomic E-state index is 9.51. The molecule has 0 amide bonds. The maximum Gasteiger partial charge on any atom is 0.126 e. The summed E-state index contributed by atoms with van der Waals surface area (Å²) in [5.74, 6) is 0.155. The second-order valence-corrected chi connectivity index (χ2v) is 10.0. The minimum absolute atomic E-state index is 0. The Kier molecular flexibility index (Phi) is 28.6. The van der Waals surface area contributed by atoms with Gasteiger partial charge in [-0.05, 0) is 46.5 Å². The van der Waals surface area contributed by atoms with Gasteiger partial charge in [-0.2, -0.15) is 0 Å². The summed E-state index contributed by atoms with van der Waals surface area (Å²) in [6, 6.07) is 38.7. The molecule has 55 heavy (non-hydrogen) atoms. The fraction of sp³-hybridized carbons (Fsp3) is 0.224. The van der Waals surface area contributed by atoms with E-state index in [-0.39, 0.29) is 37.9 Å². The van der Waals surface area contributed by atoms with E-state index in [1.807, 2.05) is 122 Å². The number of aromatic nitrogens is 1. The number of hydrogen-bond donors (Lipinski definition) is 6. The number of aromatic hydroxyl groups is 1. The van der Waals surface area contributed by atoms with Crippen molar-refractivity contribution in [1.82, 2.24) is 4.98 Å². The van der Waals surface area contributed by atoms with Gasteiger partial charge in [0.05, 0.1) is 11.1 Å². The van der Waals surface area contributed by atoms with Crippen LogP contribution in [0.1, 0.15) is 86.9 Å². The third-order valence-electron chi connectivity index (χ3n) is 7.13. The lowest BCUT2D eigenvalue weighted by Crippen LogP contribution is -1.82. The summed E-state index contributed by atoms with van der Waals surface area (Å²) in [5.41, 5.74) is 4.19. The van der Waals surface area contributed by atoms with E-state index in [2.05, 4.69) is 55.1 Å². The monoisotopic (exact) mass is 750 g/mol. The Hall–Kier alpha value is -5.98. The van der Waals surface area contributed by atoms with Crippen LogP contribution in [0.4, 0.5) is 0 Å². The lowest BCUT2D eigenvalue weighted by Gasteiger charge is -2.03. The average molecular weight is 750 g/mol. The SMILES string of the molecule is C.C.C=C(O)c1ccc2c(ccc3c4ccccc4[nH]c23)c1.C=C(O)c1ccc2ccccc2c1.C=C(O)c1ccccc1O.CC.CC.CC.CC.CO. The Morgan fingerprint density at radius 3 is 1.42 bits per heavy atom. The normalized spacial score (nSPS) is 8.76. The zero-order chi connectivity index (χ0) is 40.5. The molecule has 0 fully saturated rings. The molecule has 0 radical (unpaired) electrons. The van der Waals surface area contributed by atoms with Crippen molar-refractivity contribution in [2.45, 2.75) is 70.2 Å². The van der Waals surface area contributed by atoms with E-state index in [1.54, 1.807) is 18.2 Å². The van der Waals surface area contributed by atoms with Crippen LogP contribution in [0.2, 0.25) is 0 Å². The van der Waals surface area contributed by atoms with Crippen molar-refractivity contribution >= 4 is 60.6 Å². The molecule has 7 aromatic rings. The number of aromatic amines is 1. The van der Waals surface area contributed by atoms with Crippen LogP contribution in [0.15, 0.2) is 141 Å². The van der Waals surface area contributed by atoms with E-state index < -0.39 is 0 Å². The van der Waals surface area contributed by atoms with Gasteiger partial charge in [-0.3, -0.25) is 0 Å². The Labute approximate surface area is 331 Å². The van der Waals surface area contributed by atoms with Crippen LogP contribution in [0, 0.1) is 0 Å². The van der Waals surface area contributed by atoms with E-state index in [9.17, 15) is 10.2 Å². The maximum atomic E-state index is 9.51. The van der Waals surface area contributed by atoms with Gasteiger partial charge in [-0.1, -0.05) is 181 Å². The third kappa shape index (κ3) is 15.1. The number of phenolic OH excluding ortho intramolecular Hbond substituents is 1. The van der Waals surface area contributed by atoms with E-state index in [0.29, 0.717) is 5.56 Å². The highest BCUT2D eigenvalue weighted by Gasteiger charge is 2.08. The Bertz CT molecular complexity index is 2140. The van der Waals surface area contributed by atoms with Gasteiger partial charge in [0.25, 0.3) is 0 Å². The second-order valence-electron chi connectivity index (χ2n) is 10.0. The summed E-state index contributed by atoms with van der Waals surface area (Å²) in [5, 5.41) is 50.6. The molecule has 6 aromatic carbocycles. The summed E-state index contributed by atoms with van der Waals surface area (Å²) >= 11 is 0. The average Bonchev–Trinajstić information content (AvgIpc) is 3.61. The molecule has 6 nitrogen and oxygen atoms in total. The highest BCUT2D eigenvalue weighted by molar-refractivity contribution is 6.17. The largest absolute Gasteiger partial charge is 0.508 e. The van der Waals surface area contributed by atoms with Crippen LogP contribution >= 0.6 is 0 Å². The van der Waals surface area contributed by atoms with Gasteiger partial charge in [0.2, 0.25) is 0 Å². The van der Waals surface area contributed by atoms with Crippen LogP contribution in [-0.2, 0) is 0 Å². The zero-order valence-corrected chi connectivity index (χ0v) is 32.9. The number of para-hydroxylation sites is 2. The minimum atomic E-state index is -0.113. The molecule has 0 saturated carbocycles. The van der Waals surface area contributed by atoms with Crippen molar-refractivity contribution in [2.75, 3.05) is 7.11 Å². The molecule has 0 bridgehead atoms. The Balaban J connectivity index is -0.000000680. The van der Waals surface area contributed by atoms with Gasteiger partial charge >= 0.3 is 0 Å². The first-order valence-electron chi connectivity index (χ1n) is 18.0. The van der Waals surface area contributed by atoms with E-state index >= 15 is 0 Å². The van der Waals surface area contributed by atoms with Crippen LogP contribution in [0.5, 0.6) is 5.75 Å². The topological polar surface area (TPSA) is 117 Å². The first kappa shape index (κ1) is 53.4. The highest BCUT2D eigenvalue weighted by atomic mass is 16.3. The molecular formula is C49H67NO5. The quantitative estimate of drug-likeness (QED) is 0.101. The second kappa shape index (κ2) is 29.5. The predicted octanol–water partition coefficient (Wildman–Crippen LogP) is 15.3. The molecule has 0 aliphatic carbocycles. The first-order valence-corrected chi connectivity index (χ1v) is 18.0. The summed E-state index contributed by atoms with van der Waals surface area (Å²) in [6.45, 7) is 26.3. The van der Waals surface area contributed by atoms with E-state index in [4.69, 9.17) is 15.3 Å². The molecule has 1 aromatic heterocycles. The smallest absolute Gasteiger partial charge is 0.126 e. The number of hydrogen-bond acceptors (Lipinski definition) is 5. The van der Waals surface area contributed by atoms with Crippen LogP contribution in [0.25, 0.3) is 60.6 Å². The van der Waals surface area contributed by atoms with E-state index in [1.165, 1.54) is 22.2 Å². The molecule has 0 unspecified atom stereocenters. The first-order chi connectivity index (χ1) is 25.7. The molecule has 6 heteroatoms. The van der Waals surface area contributed by atoms with Crippen molar-refractivity contribution < 1.29 is 25.5 Å². The summed E-state index contributed by atoms with van der Waals surface area (Å²) < 4.78 is 0. The van der Waals surface area contributed by atoms with Gasteiger partial charge in [0, 0.05) is 39.9 Å². The molecule has 0 aliphatic rings. The Morgan fingerprint density at radius 1 is 0.455 bits per heavy atom. The molecule has 1 heterocycles. The minimum Gasteiger partial charge on any atom is -0.508 e. The van der Waals surface area contributed by atoms with Crippen molar-refractivity contribution in [3.63, 3.8) is 0 Å². The summed E-state index contributed by atoms with van der Waals surface area (Å²) in [6.07, 6.45) is 0. The standard InChI is InChI=1S/C18H13NO.C12H10O.C8H8O2.4C2H6.CH4O.2CH4/c1-11(20)12-6-8-14-13(10-12)7-9-16-15-4-2-3-5-17(15)19-18(14)16;1-9(13)11-7-6-10-4-2-3-5-12(10)8-11;1-6(9)7-4-2-3-5-8(7)10;5*1-2;;/h2-10,19-20H,1H2;2-8,13H,1H2;2-5,9-10H,1H2;4*1-2H3;2H,1H3;2*1H4. The fourth-order valence-corrected chi connectivity index (χ4v) is 4.92. The zero-order valence-electron chi connectivity index (χ0n) is 32.9. The van der Waals surface area contributed by atoms with Crippen LogP contribution in [-0.4, -0.2) is 37.6 Å². The molecular weight excluding hydrogens is 683 g/mol. The molecule has 0 aliphatic heterocycles. The number of fused-ring (bicyclic) bond motifs is 6. The number of aliphatic hydroxyl groups is 4. The van der Waals surface area contributed by atoms with Gasteiger partial charge in [-0.15, -0.1) is 0 Å². The molecule has 0 saturated heterocycles. The highest BCUT2D eigenvalue weighted by Crippen LogP contribution is 2.32. The van der Waals surface area contributed by atoms with E-state index in [0.717, 1.165) is 45.4 Å². The van der Waals surface area contributed by atoms with Crippen LogP contribution in [0.3, 0.4) is 0 Å². The molecule has 0 spiro atoms. The van der Waals surface area contributed by atoms with Gasteiger partial charge < -0.3 is 30.5 Å². The number of H-pyrrole nitrogens is 1. The molecule has 6 N–H and O–H groups in total.